The van der Waals surface area contributed by atoms with Gasteiger partial charge in [0.25, 0.3) is 0 Å². The van der Waals surface area contributed by atoms with Crippen molar-refractivity contribution in [3.63, 3.8) is 0 Å². The minimum absolute atomic E-state index is 0.0369. The Morgan fingerprint density at radius 2 is 1.05 bits per heavy atom. The second-order valence-electron chi connectivity index (χ2n) is 20.4. The highest BCUT2D eigenvalue weighted by Crippen LogP contribution is 2.39. The lowest BCUT2D eigenvalue weighted by Gasteiger charge is -2.49. The summed E-state index contributed by atoms with van der Waals surface area (Å²) < 4.78 is 94.7. The number of hydrogen-bond donors (Lipinski definition) is 1. The van der Waals surface area contributed by atoms with Crippen LogP contribution in [0.2, 0.25) is 0 Å². The highest BCUT2D eigenvalue weighted by atomic mass is 19.3. The van der Waals surface area contributed by atoms with Crippen molar-refractivity contribution >= 4 is 12.1 Å². The van der Waals surface area contributed by atoms with Crippen LogP contribution in [0.15, 0.2) is 152 Å². The molecule has 0 spiro atoms. The van der Waals surface area contributed by atoms with Gasteiger partial charge >= 0.3 is 12.1 Å². The van der Waals surface area contributed by atoms with Crippen LogP contribution in [0.25, 0.3) is 0 Å². The van der Waals surface area contributed by atoms with Gasteiger partial charge in [0.2, 0.25) is 6.43 Å². The lowest BCUT2D eigenvalue weighted by Crippen LogP contribution is -2.64. The largest absolute Gasteiger partial charge is 0.459 e. The first-order valence-electron chi connectivity index (χ1n) is 27.2. The van der Waals surface area contributed by atoms with Gasteiger partial charge in [-0.25, -0.2) is 18.4 Å². The van der Waals surface area contributed by atoms with Crippen LogP contribution in [0.3, 0.4) is 0 Å². The number of rotatable bonds is 25. The summed E-state index contributed by atoms with van der Waals surface area (Å²) in [5.74, 6) is -1.34. The average Bonchev–Trinajstić information content (AvgIpc) is 3.48. The number of halogens is 2. The van der Waals surface area contributed by atoms with Gasteiger partial charge in [-0.05, 0) is 66.3 Å². The normalized spacial score (nSPS) is 27.9. The Morgan fingerprint density at radius 3 is 1.57 bits per heavy atom. The quantitative estimate of drug-likeness (QED) is 0.0557. The van der Waals surface area contributed by atoms with E-state index in [0.29, 0.717) is 19.4 Å². The predicted octanol–water partition coefficient (Wildman–Crippen LogP) is 11.7. The van der Waals surface area contributed by atoms with Crippen molar-refractivity contribution in [2.75, 3.05) is 0 Å². The van der Waals surface area contributed by atoms with Gasteiger partial charge in [-0.3, -0.25) is 0 Å². The lowest BCUT2D eigenvalue weighted by molar-refractivity contribution is -0.348. The van der Waals surface area contributed by atoms with Crippen LogP contribution in [0, 0.1) is 11.8 Å². The molecule has 0 radical (unpaired) electrons. The summed E-state index contributed by atoms with van der Waals surface area (Å²) in [7, 11) is 0. The van der Waals surface area contributed by atoms with Crippen LogP contribution in [-0.4, -0.2) is 92.0 Å². The molecule has 5 aromatic rings. The third-order valence-electron chi connectivity index (χ3n) is 14.7. The van der Waals surface area contributed by atoms with Gasteiger partial charge < -0.3 is 52.7 Å². The molecular formula is C62H75F2NO12. The molecule has 414 valence electrons. The second-order valence-corrected chi connectivity index (χ2v) is 20.4. The van der Waals surface area contributed by atoms with E-state index < -0.39 is 104 Å². The first kappa shape index (κ1) is 57.6. The molecule has 2 saturated heterocycles. The minimum Gasteiger partial charge on any atom is -0.459 e. The fraction of sp³-hybridized carbons (Fsp3) is 0.484. The maximum atomic E-state index is 14.0. The van der Waals surface area contributed by atoms with Crippen molar-refractivity contribution in [2.24, 2.45) is 11.8 Å². The summed E-state index contributed by atoms with van der Waals surface area (Å²) in [6.45, 7) is 8.62. The number of amides is 1. The van der Waals surface area contributed by atoms with Gasteiger partial charge in [0.15, 0.2) is 18.7 Å². The van der Waals surface area contributed by atoms with Crippen molar-refractivity contribution in [2.45, 2.75) is 179 Å². The van der Waals surface area contributed by atoms with Crippen molar-refractivity contribution in [1.29, 1.82) is 0 Å². The smallest absolute Gasteiger partial charge is 0.407 e. The molecule has 2 heterocycles. The third kappa shape index (κ3) is 16.7. The molecule has 1 amide bonds. The number of hydrogen-bond acceptors (Lipinski definition) is 12. The van der Waals surface area contributed by atoms with Crippen LogP contribution in [0.1, 0.15) is 94.0 Å². The Morgan fingerprint density at radius 1 is 0.558 bits per heavy atom. The second kappa shape index (κ2) is 29.4. The minimum atomic E-state index is -2.71. The van der Waals surface area contributed by atoms with E-state index in [1.54, 1.807) is 12.1 Å². The Balaban J connectivity index is 1.09. The molecule has 3 fully saturated rings. The lowest BCUT2D eigenvalue weighted by atomic mass is 9.84. The van der Waals surface area contributed by atoms with Gasteiger partial charge in [0, 0.05) is 12.3 Å². The molecule has 13 nitrogen and oxygen atoms in total. The molecule has 5 aromatic carbocycles. The van der Waals surface area contributed by atoms with Gasteiger partial charge in [-0.15, -0.1) is 0 Å². The van der Waals surface area contributed by atoms with Crippen molar-refractivity contribution in [1.82, 2.24) is 5.32 Å². The Labute approximate surface area is 452 Å². The van der Waals surface area contributed by atoms with Crippen molar-refractivity contribution < 1.29 is 65.7 Å². The van der Waals surface area contributed by atoms with E-state index in [4.69, 9.17) is 47.4 Å². The molecule has 14 unspecified atom stereocenters. The number of esters is 1. The molecule has 1 N–H and O–H groups in total. The zero-order valence-electron chi connectivity index (χ0n) is 44.5. The summed E-state index contributed by atoms with van der Waals surface area (Å²) in [4.78, 5) is 27.9. The van der Waals surface area contributed by atoms with E-state index in [1.807, 2.05) is 160 Å². The van der Waals surface area contributed by atoms with Crippen LogP contribution in [-0.2, 0) is 85.2 Å². The first-order chi connectivity index (χ1) is 37.5. The van der Waals surface area contributed by atoms with E-state index in [9.17, 15) is 18.4 Å². The maximum Gasteiger partial charge on any atom is 0.407 e. The van der Waals surface area contributed by atoms with Crippen molar-refractivity contribution in [3.8, 4) is 0 Å². The van der Waals surface area contributed by atoms with Crippen LogP contribution in [0.4, 0.5) is 13.6 Å². The first-order valence-corrected chi connectivity index (χ1v) is 27.2. The molecule has 0 bridgehead atoms. The molecule has 2 aliphatic heterocycles. The summed E-state index contributed by atoms with van der Waals surface area (Å²) in [5, 5.41) is 2.98. The monoisotopic (exact) mass is 1060 g/mol. The number of alkyl carbamates (subject to hydrolysis) is 1. The summed E-state index contributed by atoms with van der Waals surface area (Å²) in [6.07, 6.45) is -10.6. The molecule has 15 heteroatoms. The summed E-state index contributed by atoms with van der Waals surface area (Å²) >= 11 is 0. The van der Waals surface area contributed by atoms with E-state index in [-0.39, 0.29) is 38.8 Å². The standard InChI is InChI=1S/C62H75F2NO12/c1-5-49-42(3)55(74-51(34-35-52(63)64)59(66)71-39-47-29-17-9-18-30-47)53(65-62(67)72-40-48-31-19-10-20-32-48)60(75-49)76-50-33-21-22-41(2)54(50)77-61-58(70-38-46-27-15-8-16-28-46)57(69-37-45-25-13-7-14-26-45)56(43(4)73-61)68-36-44-23-11-6-12-24-44/h6-20,23-32,41-43,49-58,60-61H,5,21-22,33-40H2,1-4H3,(H,65,67). The van der Waals surface area contributed by atoms with Gasteiger partial charge in [-0.2, -0.15) is 0 Å². The van der Waals surface area contributed by atoms with Gasteiger partial charge in [0.1, 0.15) is 37.6 Å². The Kier molecular flexibility index (Phi) is 22.0. The summed E-state index contributed by atoms with van der Waals surface area (Å²) in [6, 6.07) is 47.0. The van der Waals surface area contributed by atoms with Crippen LogP contribution < -0.4 is 5.32 Å². The van der Waals surface area contributed by atoms with Gasteiger partial charge in [-0.1, -0.05) is 179 Å². The highest BCUT2D eigenvalue weighted by molar-refractivity contribution is 5.74. The maximum absolute atomic E-state index is 14.0. The zero-order chi connectivity index (χ0) is 53.9. The third-order valence-corrected chi connectivity index (χ3v) is 14.7. The van der Waals surface area contributed by atoms with E-state index in [2.05, 4.69) is 12.2 Å². The van der Waals surface area contributed by atoms with E-state index in [0.717, 1.165) is 40.7 Å². The Bertz CT molecular complexity index is 2480. The van der Waals surface area contributed by atoms with E-state index >= 15 is 0 Å². The molecule has 3 aliphatic rings. The summed E-state index contributed by atoms with van der Waals surface area (Å²) in [5.41, 5.74) is 4.42. The fourth-order valence-corrected chi connectivity index (χ4v) is 10.5. The fourth-order valence-electron chi connectivity index (χ4n) is 10.5. The van der Waals surface area contributed by atoms with Crippen LogP contribution >= 0.6 is 0 Å². The number of carbonyl (C=O) groups is 2. The number of carbonyl (C=O) groups excluding carboxylic acids is 2. The Hall–Kier alpha value is -5.62. The SMILES string of the molecule is CCC1OC(OC2CCCC(C)C2OC2OC(C)C(OCc3ccccc3)C(OCc3ccccc3)C2OCc2ccccc2)C(NC(=O)OCc2ccccc2)C(OC(CCC(F)F)C(=O)OCc2ccccc2)C1C. The number of benzene rings is 5. The zero-order valence-corrected chi connectivity index (χ0v) is 44.5. The average molecular weight is 1060 g/mol. The number of ether oxygens (including phenoxy) is 10. The molecule has 14 atom stereocenters. The van der Waals surface area contributed by atoms with Crippen LogP contribution in [0.5, 0.6) is 0 Å². The number of alkyl halides is 2. The molecule has 0 aromatic heterocycles. The topological polar surface area (TPSA) is 138 Å². The molecular weight excluding hydrogens is 989 g/mol. The van der Waals surface area contributed by atoms with Gasteiger partial charge in [0.05, 0.1) is 50.3 Å². The molecule has 1 aliphatic carbocycles. The van der Waals surface area contributed by atoms with Crippen molar-refractivity contribution in [3.05, 3.63) is 179 Å². The molecule has 77 heavy (non-hydrogen) atoms. The predicted molar refractivity (Wildman–Crippen MR) is 284 cm³/mol. The number of nitrogens with one attached hydrogen (secondary N) is 1. The molecule has 1 saturated carbocycles. The highest BCUT2D eigenvalue weighted by Gasteiger charge is 2.52. The van der Waals surface area contributed by atoms with E-state index in [1.165, 1.54) is 0 Å². The molecule has 8 rings (SSSR count).